The second kappa shape index (κ2) is 9.52. The molecule has 0 unspecified atom stereocenters. The Kier molecular flexibility index (Phi) is 6.13. The summed E-state index contributed by atoms with van der Waals surface area (Å²) in [5, 5.41) is 14.0. The maximum Gasteiger partial charge on any atom is 0.236 e. The highest BCUT2D eigenvalue weighted by molar-refractivity contribution is 5.90. The summed E-state index contributed by atoms with van der Waals surface area (Å²) in [4.78, 5) is 33.3. The van der Waals surface area contributed by atoms with Gasteiger partial charge in [-0.3, -0.25) is 9.69 Å². The number of aromatic nitrogens is 5. The molecule has 10 nitrogen and oxygen atoms in total. The Morgan fingerprint density at radius 3 is 2.56 bits per heavy atom. The number of aromatic amines is 1. The number of aliphatic hydroxyl groups excluding tert-OH is 1. The summed E-state index contributed by atoms with van der Waals surface area (Å²) in [5.74, 6) is 1.48. The van der Waals surface area contributed by atoms with Crippen LogP contribution in [0.2, 0.25) is 0 Å². The van der Waals surface area contributed by atoms with E-state index in [-0.39, 0.29) is 35.9 Å². The number of anilines is 1. The van der Waals surface area contributed by atoms with Crippen molar-refractivity contribution in [1.29, 1.82) is 0 Å². The van der Waals surface area contributed by atoms with Crippen molar-refractivity contribution in [3.8, 4) is 11.3 Å². The van der Waals surface area contributed by atoms with E-state index in [1.807, 2.05) is 4.52 Å². The number of rotatable bonds is 6. The van der Waals surface area contributed by atoms with Crippen LogP contribution in [0.4, 0.5) is 5.82 Å². The van der Waals surface area contributed by atoms with Gasteiger partial charge in [0.1, 0.15) is 12.1 Å². The van der Waals surface area contributed by atoms with E-state index in [1.165, 1.54) is 11.1 Å². The maximum atomic E-state index is 13.2. The van der Waals surface area contributed by atoms with Crippen LogP contribution in [0.15, 0.2) is 24.7 Å². The summed E-state index contributed by atoms with van der Waals surface area (Å²) in [6.45, 7) is 14.5. The number of nitrogens with one attached hydrogen (secondary N) is 1. The molecule has 3 saturated heterocycles. The molecule has 41 heavy (non-hydrogen) atoms. The summed E-state index contributed by atoms with van der Waals surface area (Å²) < 4.78 is 1.86. The molecular formula is C31H40N8O2. The number of hydrogen-bond acceptors (Lipinski definition) is 7. The van der Waals surface area contributed by atoms with E-state index in [1.54, 1.807) is 6.33 Å². The molecule has 10 heteroatoms. The Labute approximate surface area is 240 Å². The predicted octanol–water partition coefficient (Wildman–Crippen LogP) is 3.51. The quantitative estimate of drug-likeness (QED) is 0.374. The summed E-state index contributed by atoms with van der Waals surface area (Å²) in [5.41, 5.74) is 8.64. The highest BCUT2D eigenvalue weighted by Crippen LogP contribution is 2.40. The molecule has 3 aliphatic rings. The SMILES string of the molecule is Cc1c(-c2[nH]c3ccc(N4[C@@H]5CC[C@H]4CN(C(=O)CN4CC(C)(CO)C4)C5)nc3c2C(C)C)cn2ncnc2c1C. The van der Waals surface area contributed by atoms with Gasteiger partial charge in [-0.25, -0.2) is 14.5 Å². The van der Waals surface area contributed by atoms with Crippen LogP contribution in [0.3, 0.4) is 0 Å². The second-order valence-corrected chi connectivity index (χ2v) is 13.2. The standard InChI is InChI=1S/C31H40N8O2/c1-18(2)27-28(23-12-38-30(32-17-33-38)20(4)19(23)3)34-24-8-9-25(35-29(24)27)39-21-6-7-22(39)11-37(10-21)26(41)13-36-14-31(5,15-36)16-40/h8-9,12,17-18,21-22,34,40H,6-7,10-11,13-16H2,1-5H3/t21-,22+. The van der Waals surface area contributed by atoms with E-state index in [0.717, 1.165) is 78.3 Å². The molecule has 7 heterocycles. The highest BCUT2D eigenvalue weighted by atomic mass is 16.3. The number of hydrogen-bond donors (Lipinski definition) is 2. The molecule has 4 aromatic rings. The number of pyridine rings is 2. The van der Waals surface area contributed by atoms with Crippen LogP contribution in [0.1, 0.15) is 56.2 Å². The van der Waals surface area contributed by atoms with Gasteiger partial charge in [0.15, 0.2) is 5.65 Å². The minimum Gasteiger partial charge on any atom is -0.396 e. The minimum absolute atomic E-state index is 0.0596. The van der Waals surface area contributed by atoms with Crippen molar-refractivity contribution in [2.45, 2.75) is 65.5 Å². The third-order valence-corrected chi connectivity index (χ3v) is 9.69. The number of aliphatic hydroxyl groups is 1. The molecule has 0 radical (unpaired) electrons. The lowest BCUT2D eigenvalue weighted by Crippen LogP contribution is -2.61. The van der Waals surface area contributed by atoms with Gasteiger partial charge in [0, 0.05) is 61.0 Å². The van der Waals surface area contributed by atoms with Crippen LogP contribution >= 0.6 is 0 Å². The first-order valence-electron chi connectivity index (χ1n) is 14.9. The Bertz CT molecular complexity index is 1630. The summed E-state index contributed by atoms with van der Waals surface area (Å²) in [6.07, 6.45) is 5.83. The third kappa shape index (κ3) is 4.22. The highest BCUT2D eigenvalue weighted by Gasteiger charge is 2.44. The minimum atomic E-state index is -0.0596. The summed E-state index contributed by atoms with van der Waals surface area (Å²) in [6, 6.07) is 4.87. The van der Waals surface area contributed by atoms with Crippen LogP contribution in [0.25, 0.3) is 27.9 Å². The fourth-order valence-corrected chi connectivity index (χ4v) is 7.46. The van der Waals surface area contributed by atoms with Gasteiger partial charge in [-0.05, 0) is 55.9 Å². The second-order valence-electron chi connectivity index (χ2n) is 13.2. The first-order chi connectivity index (χ1) is 19.7. The monoisotopic (exact) mass is 556 g/mol. The summed E-state index contributed by atoms with van der Waals surface area (Å²) in [7, 11) is 0. The van der Waals surface area contributed by atoms with Gasteiger partial charge in [-0.2, -0.15) is 5.10 Å². The Balaban J connectivity index is 1.17. The lowest BCUT2D eigenvalue weighted by Gasteiger charge is -2.48. The molecule has 2 atom stereocenters. The van der Waals surface area contributed by atoms with Crippen molar-refractivity contribution in [1.82, 2.24) is 34.4 Å². The fourth-order valence-electron chi connectivity index (χ4n) is 7.46. The Morgan fingerprint density at radius 2 is 1.88 bits per heavy atom. The van der Waals surface area contributed by atoms with Crippen molar-refractivity contribution >= 4 is 28.4 Å². The smallest absolute Gasteiger partial charge is 0.236 e. The molecule has 0 aromatic carbocycles. The molecule has 7 rings (SSSR count). The molecule has 1 amide bonds. The van der Waals surface area contributed by atoms with Crippen LogP contribution in [-0.4, -0.2) is 96.8 Å². The number of H-pyrrole nitrogens is 1. The van der Waals surface area contributed by atoms with Crippen molar-refractivity contribution in [3.63, 3.8) is 0 Å². The molecule has 0 spiro atoms. The van der Waals surface area contributed by atoms with Gasteiger partial charge in [0.25, 0.3) is 0 Å². The van der Waals surface area contributed by atoms with Gasteiger partial charge < -0.3 is 19.9 Å². The largest absolute Gasteiger partial charge is 0.396 e. The molecule has 2 bridgehead atoms. The van der Waals surface area contributed by atoms with Gasteiger partial charge >= 0.3 is 0 Å². The predicted molar refractivity (Wildman–Crippen MR) is 159 cm³/mol. The normalized spacial score (nSPS) is 22.3. The Morgan fingerprint density at radius 1 is 1.15 bits per heavy atom. The average molecular weight is 557 g/mol. The molecule has 3 fully saturated rings. The van der Waals surface area contributed by atoms with Gasteiger partial charge in [0.2, 0.25) is 5.91 Å². The average Bonchev–Trinajstić information content (AvgIpc) is 3.62. The number of carbonyl (C=O) groups excluding carboxylic acids is 1. The third-order valence-electron chi connectivity index (χ3n) is 9.69. The van der Waals surface area contributed by atoms with Crippen molar-refractivity contribution in [2.75, 3.05) is 44.2 Å². The van der Waals surface area contributed by atoms with Gasteiger partial charge in [-0.1, -0.05) is 20.8 Å². The number of carbonyl (C=O) groups is 1. The maximum absolute atomic E-state index is 13.2. The Hall–Kier alpha value is -3.50. The number of aryl methyl sites for hydroxylation is 1. The van der Waals surface area contributed by atoms with E-state index in [0.29, 0.717) is 6.54 Å². The first-order valence-corrected chi connectivity index (χ1v) is 14.9. The molecule has 4 aromatic heterocycles. The van der Waals surface area contributed by atoms with E-state index in [2.05, 4.69) is 82.7 Å². The zero-order chi connectivity index (χ0) is 28.6. The zero-order valence-electron chi connectivity index (χ0n) is 24.7. The van der Waals surface area contributed by atoms with Crippen LogP contribution in [0.5, 0.6) is 0 Å². The number of nitrogens with zero attached hydrogens (tertiary/aromatic N) is 7. The van der Waals surface area contributed by atoms with Crippen LogP contribution < -0.4 is 4.90 Å². The lowest BCUT2D eigenvalue weighted by molar-refractivity contribution is -0.137. The van der Waals surface area contributed by atoms with Gasteiger partial charge in [0.05, 0.1) is 29.9 Å². The molecule has 0 aliphatic carbocycles. The molecule has 3 aliphatic heterocycles. The van der Waals surface area contributed by atoms with E-state index < -0.39 is 0 Å². The fraction of sp³-hybridized carbons (Fsp3) is 0.548. The number of amides is 1. The molecular weight excluding hydrogens is 516 g/mol. The first kappa shape index (κ1) is 26.4. The zero-order valence-corrected chi connectivity index (χ0v) is 24.7. The van der Waals surface area contributed by atoms with E-state index >= 15 is 0 Å². The molecule has 2 N–H and O–H groups in total. The topological polar surface area (TPSA) is 106 Å². The number of piperazine rings is 1. The van der Waals surface area contributed by atoms with Crippen LogP contribution in [-0.2, 0) is 4.79 Å². The van der Waals surface area contributed by atoms with E-state index in [4.69, 9.17) is 4.98 Å². The van der Waals surface area contributed by atoms with E-state index in [9.17, 15) is 9.90 Å². The van der Waals surface area contributed by atoms with Crippen molar-refractivity contribution in [2.24, 2.45) is 5.41 Å². The molecule has 216 valence electrons. The lowest BCUT2D eigenvalue weighted by atomic mass is 9.83. The number of fused-ring (bicyclic) bond motifs is 4. The molecule has 0 saturated carbocycles. The van der Waals surface area contributed by atoms with Crippen molar-refractivity contribution < 1.29 is 9.90 Å². The van der Waals surface area contributed by atoms with Gasteiger partial charge in [-0.15, -0.1) is 0 Å². The van der Waals surface area contributed by atoms with Crippen molar-refractivity contribution in [3.05, 3.63) is 41.3 Å². The van der Waals surface area contributed by atoms with Crippen LogP contribution in [0, 0.1) is 19.3 Å². The number of likely N-dealkylation sites (tertiary alicyclic amines) is 2. The summed E-state index contributed by atoms with van der Waals surface area (Å²) >= 11 is 0.